The predicted octanol–water partition coefficient (Wildman–Crippen LogP) is 3.77. The van der Waals surface area contributed by atoms with Gasteiger partial charge in [-0.05, 0) is 34.1 Å². The van der Waals surface area contributed by atoms with Gasteiger partial charge in [0.1, 0.15) is 5.60 Å². The molecule has 1 amide bonds. The zero-order valence-electron chi connectivity index (χ0n) is 14.6. The van der Waals surface area contributed by atoms with E-state index in [0.717, 1.165) is 12.0 Å². The number of aromatic nitrogens is 2. The fourth-order valence-electron chi connectivity index (χ4n) is 2.68. The summed E-state index contributed by atoms with van der Waals surface area (Å²) in [5, 5.41) is 4.07. The molecule has 128 valence electrons. The molecule has 1 aromatic heterocycles. The Morgan fingerprint density at radius 1 is 1.29 bits per heavy atom. The molecule has 0 radical (unpaired) electrons. The van der Waals surface area contributed by atoms with E-state index in [2.05, 4.69) is 10.1 Å². The minimum atomic E-state index is -0.488. The van der Waals surface area contributed by atoms with Gasteiger partial charge in [0.25, 0.3) is 0 Å². The molecule has 0 spiro atoms. The number of amides is 1. The fourth-order valence-corrected chi connectivity index (χ4v) is 2.68. The Balaban J connectivity index is 1.66. The van der Waals surface area contributed by atoms with Gasteiger partial charge >= 0.3 is 6.09 Å². The first-order valence-corrected chi connectivity index (χ1v) is 8.20. The standard InChI is InChI=1S/C18H23N3O3/c1-12-5-7-13(8-6-12)15-19-16(24-20-15)14-9-10-21(11-14)17(22)23-18(2,3)4/h5-8,14H,9-11H2,1-4H3/t14-/m0/s1. The van der Waals surface area contributed by atoms with E-state index in [-0.39, 0.29) is 12.0 Å². The van der Waals surface area contributed by atoms with E-state index in [1.165, 1.54) is 5.56 Å². The lowest BCUT2D eigenvalue weighted by atomic mass is 10.1. The third-order valence-electron chi connectivity index (χ3n) is 3.94. The Bertz CT molecular complexity index is 716. The topological polar surface area (TPSA) is 68.5 Å². The van der Waals surface area contributed by atoms with Crippen LogP contribution in [0.5, 0.6) is 0 Å². The summed E-state index contributed by atoms with van der Waals surface area (Å²) in [4.78, 5) is 18.3. The van der Waals surface area contributed by atoms with Crippen LogP contribution in [0.15, 0.2) is 28.8 Å². The molecule has 6 heteroatoms. The molecule has 1 atom stereocenters. The predicted molar refractivity (Wildman–Crippen MR) is 89.6 cm³/mol. The molecular weight excluding hydrogens is 306 g/mol. The Morgan fingerprint density at radius 2 is 2.00 bits per heavy atom. The Morgan fingerprint density at radius 3 is 2.67 bits per heavy atom. The van der Waals surface area contributed by atoms with E-state index in [9.17, 15) is 4.79 Å². The van der Waals surface area contributed by atoms with Gasteiger partial charge in [-0.1, -0.05) is 35.0 Å². The molecule has 0 unspecified atom stereocenters. The highest BCUT2D eigenvalue weighted by molar-refractivity contribution is 5.68. The highest BCUT2D eigenvalue weighted by Crippen LogP contribution is 2.28. The van der Waals surface area contributed by atoms with E-state index in [0.29, 0.717) is 24.8 Å². The third kappa shape index (κ3) is 3.75. The van der Waals surface area contributed by atoms with Crippen LogP contribution in [0.25, 0.3) is 11.4 Å². The number of carbonyl (C=O) groups excluding carboxylic acids is 1. The fraction of sp³-hybridized carbons (Fsp3) is 0.500. The molecule has 1 fully saturated rings. The summed E-state index contributed by atoms with van der Waals surface area (Å²) in [7, 11) is 0. The van der Waals surface area contributed by atoms with Crippen molar-refractivity contribution in [2.45, 2.75) is 45.6 Å². The molecule has 0 saturated carbocycles. The summed E-state index contributed by atoms with van der Waals surface area (Å²) >= 11 is 0. The van der Waals surface area contributed by atoms with Gasteiger partial charge in [-0.15, -0.1) is 0 Å². The van der Waals surface area contributed by atoms with Gasteiger partial charge in [0.2, 0.25) is 11.7 Å². The van der Waals surface area contributed by atoms with Crippen molar-refractivity contribution >= 4 is 6.09 Å². The highest BCUT2D eigenvalue weighted by Gasteiger charge is 2.33. The molecule has 2 heterocycles. The zero-order valence-corrected chi connectivity index (χ0v) is 14.6. The van der Waals surface area contributed by atoms with Crippen molar-refractivity contribution in [3.63, 3.8) is 0 Å². The first-order valence-electron chi connectivity index (χ1n) is 8.20. The Hall–Kier alpha value is -2.37. The van der Waals surface area contributed by atoms with Crippen LogP contribution in [0.1, 0.15) is 44.6 Å². The average molecular weight is 329 g/mol. The lowest BCUT2D eigenvalue weighted by Gasteiger charge is -2.24. The van der Waals surface area contributed by atoms with Crippen LogP contribution in [-0.4, -0.2) is 39.8 Å². The van der Waals surface area contributed by atoms with Crippen LogP contribution in [0, 0.1) is 6.92 Å². The van der Waals surface area contributed by atoms with Crippen LogP contribution < -0.4 is 0 Å². The highest BCUT2D eigenvalue weighted by atomic mass is 16.6. The van der Waals surface area contributed by atoms with E-state index in [1.807, 2.05) is 52.0 Å². The molecule has 1 aliphatic rings. The summed E-state index contributed by atoms with van der Waals surface area (Å²) < 4.78 is 10.8. The normalized spacial score (nSPS) is 18.0. The number of aryl methyl sites for hydroxylation is 1. The van der Waals surface area contributed by atoms with Crippen molar-refractivity contribution in [2.24, 2.45) is 0 Å². The number of rotatable bonds is 2. The lowest BCUT2D eigenvalue weighted by Crippen LogP contribution is -2.35. The van der Waals surface area contributed by atoms with Crippen molar-refractivity contribution in [1.29, 1.82) is 0 Å². The molecule has 0 aliphatic carbocycles. The number of benzene rings is 1. The van der Waals surface area contributed by atoms with Gasteiger partial charge in [-0.2, -0.15) is 4.98 Å². The van der Waals surface area contributed by atoms with Gasteiger partial charge in [0.15, 0.2) is 0 Å². The van der Waals surface area contributed by atoms with Crippen LogP contribution in [0.2, 0.25) is 0 Å². The van der Waals surface area contributed by atoms with Gasteiger partial charge in [-0.25, -0.2) is 4.79 Å². The Kier molecular flexibility index (Phi) is 4.30. The van der Waals surface area contributed by atoms with Crippen molar-refractivity contribution in [2.75, 3.05) is 13.1 Å². The molecule has 1 aromatic carbocycles. The summed E-state index contributed by atoms with van der Waals surface area (Å²) in [6.07, 6.45) is 0.512. The summed E-state index contributed by atoms with van der Waals surface area (Å²) in [5.41, 5.74) is 1.63. The first kappa shape index (κ1) is 16.5. The van der Waals surface area contributed by atoms with Crippen LogP contribution in [0.4, 0.5) is 4.79 Å². The largest absolute Gasteiger partial charge is 0.444 e. The van der Waals surface area contributed by atoms with E-state index < -0.39 is 5.60 Å². The maximum atomic E-state index is 12.1. The number of nitrogens with zero attached hydrogens (tertiary/aromatic N) is 3. The Labute approximate surface area is 141 Å². The summed E-state index contributed by atoms with van der Waals surface area (Å²) in [6, 6.07) is 7.99. The zero-order chi connectivity index (χ0) is 17.3. The number of ether oxygens (including phenoxy) is 1. The molecule has 0 bridgehead atoms. The lowest BCUT2D eigenvalue weighted by molar-refractivity contribution is 0.0291. The quantitative estimate of drug-likeness (QED) is 0.839. The van der Waals surface area contributed by atoms with E-state index in [1.54, 1.807) is 4.90 Å². The van der Waals surface area contributed by atoms with Gasteiger partial charge in [-0.3, -0.25) is 0 Å². The maximum absolute atomic E-state index is 12.1. The minimum Gasteiger partial charge on any atom is -0.444 e. The SMILES string of the molecule is Cc1ccc(-c2noc([C@H]3CCN(C(=O)OC(C)(C)C)C3)n2)cc1. The van der Waals surface area contributed by atoms with E-state index >= 15 is 0 Å². The van der Waals surface area contributed by atoms with Gasteiger partial charge in [0.05, 0.1) is 5.92 Å². The maximum Gasteiger partial charge on any atom is 0.410 e. The van der Waals surface area contributed by atoms with Crippen molar-refractivity contribution < 1.29 is 14.1 Å². The van der Waals surface area contributed by atoms with Crippen molar-refractivity contribution in [1.82, 2.24) is 15.0 Å². The summed E-state index contributed by atoms with van der Waals surface area (Å²) in [6.45, 7) is 8.82. The smallest absolute Gasteiger partial charge is 0.410 e. The second-order valence-electron chi connectivity index (χ2n) is 7.23. The first-order chi connectivity index (χ1) is 11.3. The molecule has 24 heavy (non-hydrogen) atoms. The van der Waals surface area contributed by atoms with Crippen molar-refractivity contribution in [3.05, 3.63) is 35.7 Å². The second-order valence-corrected chi connectivity index (χ2v) is 7.23. The average Bonchev–Trinajstić information content (AvgIpc) is 3.15. The number of hydrogen-bond donors (Lipinski definition) is 0. The molecule has 1 aliphatic heterocycles. The van der Waals surface area contributed by atoms with Crippen LogP contribution in [-0.2, 0) is 4.74 Å². The van der Waals surface area contributed by atoms with Gasteiger partial charge in [0, 0.05) is 18.7 Å². The molecular formula is C18H23N3O3. The molecule has 1 saturated heterocycles. The van der Waals surface area contributed by atoms with Crippen LogP contribution >= 0.6 is 0 Å². The monoisotopic (exact) mass is 329 g/mol. The molecule has 3 rings (SSSR count). The second kappa shape index (κ2) is 6.26. The molecule has 2 aromatic rings. The van der Waals surface area contributed by atoms with E-state index in [4.69, 9.17) is 9.26 Å². The molecule has 0 N–H and O–H groups in total. The van der Waals surface area contributed by atoms with Crippen molar-refractivity contribution in [3.8, 4) is 11.4 Å². The third-order valence-corrected chi connectivity index (χ3v) is 3.94. The minimum absolute atomic E-state index is 0.0595. The number of likely N-dealkylation sites (tertiary alicyclic amines) is 1. The summed E-state index contributed by atoms with van der Waals surface area (Å²) in [5.74, 6) is 1.22. The van der Waals surface area contributed by atoms with Crippen LogP contribution in [0.3, 0.4) is 0 Å². The number of carbonyl (C=O) groups is 1. The van der Waals surface area contributed by atoms with Gasteiger partial charge < -0.3 is 14.2 Å². The molecule has 6 nitrogen and oxygen atoms in total. The number of hydrogen-bond acceptors (Lipinski definition) is 5.